The van der Waals surface area contributed by atoms with Crippen LogP contribution >= 0.6 is 0 Å². The van der Waals surface area contributed by atoms with Gasteiger partial charge in [0.25, 0.3) is 0 Å². The molecule has 0 heterocycles. The van der Waals surface area contributed by atoms with E-state index in [1.54, 1.807) is 30.2 Å². The van der Waals surface area contributed by atoms with E-state index in [0.29, 0.717) is 5.56 Å². The van der Waals surface area contributed by atoms with Gasteiger partial charge in [0.2, 0.25) is 5.78 Å². The second kappa shape index (κ2) is 4.24. The number of Topliss-reactive ketones (excluding diaryl/α,β-unsaturated/α-hetero) is 1. The van der Waals surface area contributed by atoms with E-state index in [1.165, 1.54) is 0 Å². The molecule has 0 aliphatic rings. The fraction of sp³-hybridized carbons (Fsp3) is 0.308. The highest BCUT2D eigenvalue weighted by atomic mass is 16.1. The molecule has 1 aromatic rings. The molecular formula is C13H14O2. The van der Waals surface area contributed by atoms with E-state index in [-0.39, 0.29) is 11.4 Å². The second-order valence-electron chi connectivity index (χ2n) is 4.42. The maximum atomic E-state index is 11.9. The maximum absolute atomic E-state index is 11.9. The molecule has 2 heteroatoms. The van der Waals surface area contributed by atoms with Crippen LogP contribution in [0.25, 0.3) is 0 Å². The van der Waals surface area contributed by atoms with Crippen LogP contribution in [0.1, 0.15) is 31.1 Å². The lowest BCUT2D eigenvalue weighted by molar-refractivity contribution is 0.101. The first-order chi connectivity index (χ1) is 6.96. The van der Waals surface area contributed by atoms with Crippen LogP contribution in [0.2, 0.25) is 0 Å². The Hall–Kier alpha value is -1.66. The molecule has 0 fully saturated rings. The Morgan fingerprint density at radius 2 is 1.67 bits per heavy atom. The Bertz CT molecular complexity index is 404. The third-order valence-corrected chi connectivity index (χ3v) is 2.12. The van der Waals surface area contributed by atoms with Gasteiger partial charge >= 0.3 is 0 Å². The molecule has 0 spiro atoms. The normalized spacial score (nSPS) is 10.6. The van der Waals surface area contributed by atoms with Crippen LogP contribution in [0.15, 0.2) is 35.9 Å². The van der Waals surface area contributed by atoms with Crippen molar-refractivity contribution in [1.82, 2.24) is 0 Å². The molecule has 0 bridgehead atoms. The Balaban J connectivity index is 3.11. The Labute approximate surface area is 89.6 Å². The summed E-state index contributed by atoms with van der Waals surface area (Å²) in [5.41, 5.74) is 0.258. The zero-order valence-corrected chi connectivity index (χ0v) is 9.20. The van der Waals surface area contributed by atoms with Crippen LogP contribution in [-0.4, -0.2) is 11.7 Å². The molecular weight excluding hydrogens is 188 g/mol. The van der Waals surface area contributed by atoms with Crippen LogP contribution in [0, 0.1) is 5.41 Å². The smallest absolute Gasteiger partial charge is 0.200 e. The number of hydrogen-bond acceptors (Lipinski definition) is 2. The maximum Gasteiger partial charge on any atom is 0.200 e. The van der Waals surface area contributed by atoms with Crippen molar-refractivity contribution in [2.45, 2.75) is 20.8 Å². The first-order valence-corrected chi connectivity index (χ1v) is 4.82. The predicted molar refractivity (Wildman–Crippen MR) is 59.4 cm³/mol. The number of benzene rings is 1. The third-order valence-electron chi connectivity index (χ3n) is 2.12. The first-order valence-electron chi connectivity index (χ1n) is 4.82. The van der Waals surface area contributed by atoms with Gasteiger partial charge in [-0.15, -0.1) is 0 Å². The van der Waals surface area contributed by atoms with Gasteiger partial charge in [0.1, 0.15) is 5.94 Å². The van der Waals surface area contributed by atoms with Gasteiger partial charge in [-0.1, -0.05) is 51.1 Å². The van der Waals surface area contributed by atoms with E-state index in [2.05, 4.69) is 0 Å². The van der Waals surface area contributed by atoms with Crippen molar-refractivity contribution in [1.29, 1.82) is 0 Å². The van der Waals surface area contributed by atoms with Crippen molar-refractivity contribution in [2.75, 3.05) is 0 Å². The Morgan fingerprint density at radius 3 is 2.07 bits per heavy atom. The fourth-order valence-electron chi connectivity index (χ4n) is 1.27. The number of ketones is 1. The molecule has 0 amide bonds. The Morgan fingerprint density at radius 1 is 1.13 bits per heavy atom. The van der Waals surface area contributed by atoms with Gasteiger partial charge in [0, 0.05) is 11.0 Å². The fourth-order valence-corrected chi connectivity index (χ4v) is 1.27. The first kappa shape index (κ1) is 11.4. The lowest BCUT2D eigenvalue weighted by Crippen LogP contribution is -2.18. The highest BCUT2D eigenvalue weighted by molar-refractivity contribution is 6.13. The van der Waals surface area contributed by atoms with Crippen molar-refractivity contribution in [2.24, 2.45) is 5.41 Å². The van der Waals surface area contributed by atoms with Gasteiger partial charge in [0.15, 0.2) is 0 Å². The lowest BCUT2D eigenvalue weighted by atomic mass is 9.83. The molecule has 0 saturated carbocycles. The summed E-state index contributed by atoms with van der Waals surface area (Å²) < 4.78 is 0. The monoisotopic (exact) mass is 202 g/mol. The zero-order chi connectivity index (χ0) is 11.5. The number of rotatable bonds is 2. The van der Waals surface area contributed by atoms with Gasteiger partial charge in [-0.2, -0.15) is 0 Å². The average Bonchev–Trinajstić information content (AvgIpc) is 2.18. The summed E-state index contributed by atoms with van der Waals surface area (Å²) in [5.74, 6) is 1.52. The Kier molecular flexibility index (Phi) is 3.23. The number of carbonyl (C=O) groups excluding carboxylic acids is 2. The second-order valence-corrected chi connectivity index (χ2v) is 4.42. The van der Waals surface area contributed by atoms with Crippen molar-refractivity contribution in [3.63, 3.8) is 0 Å². The molecule has 1 rings (SSSR count). The lowest BCUT2D eigenvalue weighted by Gasteiger charge is -2.18. The molecule has 0 aliphatic carbocycles. The van der Waals surface area contributed by atoms with E-state index in [9.17, 15) is 9.59 Å². The minimum absolute atomic E-state index is 0.189. The van der Waals surface area contributed by atoms with Crippen molar-refractivity contribution < 1.29 is 9.59 Å². The van der Waals surface area contributed by atoms with E-state index in [4.69, 9.17) is 0 Å². The predicted octanol–water partition coefficient (Wildman–Crippen LogP) is 2.67. The topological polar surface area (TPSA) is 34.1 Å². The summed E-state index contributed by atoms with van der Waals surface area (Å²) in [6, 6.07) is 8.78. The summed E-state index contributed by atoms with van der Waals surface area (Å²) in [7, 11) is 0. The summed E-state index contributed by atoms with van der Waals surface area (Å²) in [6.45, 7) is 5.48. The number of allylic oxidation sites excluding steroid dienone is 1. The molecule has 0 radical (unpaired) electrons. The van der Waals surface area contributed by atoms with Crippen LogP contribution in [0.4, 0.5) is 0 Å². The third kappa shape index (κ3) is 2.64. The largest absolute Gasteiger partial charge is 0.288 e. The highest BCUT2D eigenvalue weighted by Gasteiger charge is 2.25. The van der Waals surface area contributed by atoms with Crippen LogP contribution < -0.4 is 0 Å². The number of hydrogen-bond donors (Lipinski definition) is 0. The van der Waals surface area contributed by atoms with Crippen LogP contribution in [-0.2, 0) is 4.79 Å². The van der Waals surface area contributed by atoms with Gasteiger partial charge < -0.3 is 0 Å². The van der Waals surface area contributed by atoms with E-state index >= 15 is 0 Å². The van der Waals surface area contributed by atoms with Gasteiger partial charge in [-0.05, 0) is 0 Å². The van der Waals surface area contributed by atoms with Gasteiger partial charge in [0.05, 0.1) is 5.57 Å². The van der Waals surface area contributed by atoms with E-state index in [1.807, 2.05) is 26.8 Å². The molecule has 2 nitrogen and oxygen atoms in total. The van der Waals surface area contributed by atoms with Crippen LogP contribution in [0.5, 0.6) is 0 Å². The SMILES string of the molecule is CC(C)(C)C(=C=O)C(=O)c1ccccc1. The highest BCUT2D eigenvalue weighted by Crippen LogP contribution is 2.25. The molecule has 0 N–H and O–H groups in total. The van der Waals surface area contributed by atoms with E-state index < -0.39 is 5.41 Å². The molecule has 15 heavy (non-hydrogen) atoms. The minimum atomic E-state index is -0.464. The summed E-state index contributed by atoms with van der Waals surface area (Å²) in [4.78, 5) is 22.7. The summed E-state index contributed by atoms with van der Waals surface area (Å²) >= 11 is 0. The standard InChI is InChI=1S/C13H14O2/c1-13(2,3)11(9-14)12(15)10-7-5-4-6-8-10/h4-8H,1-3H3. The number of carbonyl (C=O) groups is 1. The summed E-state index contributed by atoms with van der Waals surface area (Å²) in [6.07, 6.45) is 0. The van der Waals surface area contributed by atoms with Gasteiger partial charge in [-0.3, -0.25) is 4.79 Å². The molecule has 0 aliphatic heterocycles. The minimum Gasteiger partial charge on any atom is -0.288 e. The molecule has 0 atom stereocenters. The van der Waals surface area contributed by atoms with Crippen molar-refractivity contribution >= 4 is 11.7 Å². The molecule has 0 saturated heterocycles. The molecule has 0 aromatic heterocycles. The van der Waals surface area contributed by atoms with Crippen molar-refractivity contribution in [3.05, 3.63) is 41.5 Å². The van der Waals surface area contributed by atoms with E-state index in [0.717, 1.165) is 0 Å². The summed E-state index contributed by atoms with van der Waals surface area (Å²) in [5, 5.41) is 0. The van der Waals surface area contributed by atoms with Gasteiger partial charge in [-0.25, -0.2) is 4.79 Å². The average molecular weight is 202 g/mol. The molecule has 0 unspecified atom stereocenters. The molecule has 1 aromatic carbocycles. The van der Waals surface area contributed by atoms with Crippen LogP contribution in [0.3, 0.4) is 0 Å². The zero-order valence-electron chi connectivity index (χ0n) is 9.20. The quantitative estimate of drug-likeness (QED) is 0.420. The molecule has 78 valence electrons. The van der Waals surface area contributed by atoms with Crippen molar-refractivity contribution in [3.8, 4) is 0 Å².